The summed E-state index contributed by atoms with van der Waals surface area (Å²) in [7, 11) is 0. The van der Waals surface area contributed by atoms with Crippen molar-refractivity contribution in [2.45, 2.75) is 13.5 Å². The number of aromatic nitrogens is 1. The SMILES string of the molecule is Cc1cc[n+](CCO)c2cc(Br)ccc12.[Br-]. The van der Waals surface area contributed by atoms with E-state index in [1.54, 1.807) is 0 Å². The summed E-state index contributed by atoms with van der Waals surface area (Å²) >= 11 is 3.47. The summed E-state index contributed by atoms with van der Waals surface area (Å²) in [5, 5.41) is 10.2. The van der Waals surface area contributed by atoms with Crippen LogP contribution in [0.3, 0.4) is 0 Å². The zero-order valence-electron chi connectivity index (χ0n) is 8.95. The molecule has 2 aromatic rings. The lowest BCUT2D eigenvalue weighted by Crippen LogP contribution is -3.00. The second-order valence-electron chi connectivity index (χ2n) is 3.58. The first-order valence-corrected chi connectivity index (χ1v) is 5.71. The fourth-order valence-corrected chi connectivity index (χ4v) is 2.10. The fraction of sp³-hybridized carbons (Fsp3) is 0.250. The minimum Gasteiger partial charge on any atom is -1.00 e. The van der Waals surface area contributed by atoms with Crippen molar-refractivity contribution in [3.63, 3.8) is 0 Å². The van der Waals surface area contributed by atoms with E-state index in [2.05, 4.69) is 45.6 Å². The summed E-state index contributed by atoms with van der Waals surface area (Å²) in [5.41, 5.74) is 2.41. The highest BCUT2D eigenvalue weighted by Gasteiger charge is 2.10. The smallest absolute Gasteiger partial charge is 0.213 e. The Hall–Kier alpha value is -0.450. The predicted molar refractivity (Wildman–Crippen MR) is 63.7 cm³/mol. The van der Waals surface area contributed by atoms with Crippen molar-refractivity contribution in [1.29, 1.82) is 0 Å². The van der Waals surface area contributed by atoms with Crippen LogP contribution in [0.1, 0.15) is 5.56 Å². The molecule has 0 fully saturated rings. The van der Waals surface area contributed by atoms with Gasteiger partial charge in [-0.25, -0.2) is 0 Å². The number of aliphatic hydroxyl groups is 1. The van der Waals surface area contributed by atoms with Gasteiger partial charge in [-0.2, -0.15) is 4.57 Å². The molecule has 0 spiro atoms. The van der Waals surface area contributed by atoms with Crippen molar-refractivity contribution in [2.24, 2.45) is 0 Å². The Labute approximate surface area is 114 Å². The number of benzene rings is 1. The third-order valence-electron chi connectivity index (χ3n) is 2.54. The van der Waals surface area contributed by atoms with Crippen LogP contribution in [0.15, 0.2) is 34.9 Å². The minimum absolute atomic E-state index is 0. The minimum atomic E-state index is 0. The van der Waals surface area contributed by atoms with Gasteiger partial charge < -0.3 is 22.1 Å². The lowest BCUT2D eigenvalue weighted by molar-refractivity contribution is -0.672. The molecule has 1 aromatic carbocycles. The van der Waals surface area contributed by atoms with E-state index in [4.69, 9.17) is 5.11 Å². The van der Waals surface area contributed by atoms with Gasteiger partial charge in [-0.05, 0) is 24.6 Å². The van der Waals surface area contributed by atoms with Crippen molar-refractivity contribution < 1.29 is 26.7 Å². The molecule has 1 heterocycles. The van der Waals surface area contributed by atoms with Crippen LogP contribution in [0, 0.1) is 6.92 Å². The molecule has 0 amide bonds. The molecule has 16 heavy (non-hydrogen) atoms. The van der Waals surface area contributed by atoms with Gasteiger partial charge >= 0.3 is 0 Å². The highest BCUT2D eigenvalue weighted by Crippen LogP contribution is 2.19. The maximum Gasteiger partial charge on any atom is 0.213 e. The molecule has 0 saturated heterocycles. The van der Waals surface area contributed by atoms with Gasteiger partial charge in [-0.3, -0.25) is 0 Å². The molecule has 0 unspecified atom stereocenters. The van der Waals surface area contributed by atoms with Crippen molar-refractivity contribution in [3.05, 3.63) is 40.5 Å². The van der Waals surface area contributed by atoms with E-state index in [-0.39, 0.29) is 23.6 Å². The number of aryl methyl sites for hydroxylation is 1. The van der Waals surface area contributed by atoms with Gasteiger partial charge in [0.1, 0.15) is 6.61 Å². The van der Waals surface area contributed by atoms with E-state index >= 15 is 0 Å². The van der Waals surface area contributed by atoms with Gasteiger partial charge in [0.15, 0.2) is 12.7 Å². The molecule has 1 aromatic heterocycles. The lowest BCUT2D eigenvalue weighted by Gasteiger charge is -2.03. The van der Waals surface area contributed by atoms with Crippen molar-refractivity contribution >= 4 is 26.8 Å². The van der Waals surface area contributed by atoms with Crippen molar-refractivity contribution in [3.8, 4) is 0 Å². The molecule has 86 valence electrons. The highest BCUT2D eigenvalue weighted by atomic mass is 79.9. The molecule has 0 radical (unpaired) electrons. The first-order chi connectivity index (χ1) is 7.22. The zero-order valence-corrected chi connectivity index (χ0v) is 12.1. The van der Waals surface area contributed by atoms with Crippen LogP contribution in [-0.2, 0) is 6.54 Å². The largest absolute Gasteiger partial charge is 1.00 e. The Bertz CT molecular complexity index is 500. The summed E-state index contributed by atoms with van der Waals surface area (Å²) in [6.07, 6.45) is 2.01. The van der Waals surface area contributed by atoms with E-state index in [1.807, 2.05) is 12.3 Å². The highest BCUT2D eigenvalue weighted by molar-refractivity contribution is 9.10. The second kappa shape index (κ2) is 5.75. The Balaban J connectivity index is 0.00000128. The Morgan fingerprint density at radius 1 is 1.31 bits per heavy atom. The monoisotopic (exact) mass is 345 g/mol. The topological polar surface area (TPSA) is 24.1 Å². The quantitative estimate of drug-likeness (QED) is 0.707. The molecule has 0 aliphatic heterocycles. The molecular formula is C12H13Br2NO. The molecule has 0 aliphatic rings. The molecule has 1 N–H and O–H groups in total. The number of pyridine rings is 1. The maximum absolute atomic E-state index is 8.99. The van der Waals surface area contributed by atoms with E-state index in [1.165, 1.54) is 10.9 Å². The number of fused-ring (bicyclic) bond motifs is 1. The number of rotatable bonds is 2. The third-order valence-corrected chi connectivity index (χ3v) is 3.03. The predicted octanol–water partition coefficient (Wildman–Crippen LogP) is -0.805. The maximum atomic E-state index is 8.99. The van der Waals surface area contributed by atoms with E-state index in [0.29, 0.717) is 6.54 Å². The van der Waals surface area contributed by atoms with E-state index in [0.717, 1.165) is 9.99 Å². The summed E-state index contributed by atoms with van der Waals surface area (Å²) in [6.45, 7) is 2.89. The van der Waals surface area contributed by atoms with Gasteiger partial charge in [-0.1, -0.05) is 15.9 Å². The first kappa shape index (κ1) is 13.6. The van der Waals surface area contributed by atoms with Gasteiger partial charge in [0, 0.05) is 22.0 Å². The number of aliphatic hydroxyl groups excluding tert-OH is 1. The van der Waals surface area contributed by atoms with Crippen LogP contribution >= 0.6 is 15.9 Å². The van der Waals surface area contributed by atoms with Crippen LogP contribution in [0.25, 0.3) is 10.9 Å². The summed E-state index contributed by atoms with van der Waals surface area (Å²) in [5.74, 6) is 0. The fourth-order valence-electron chi connectivity index (χ4n) is 1.75. The zero-order chi connectivity index (χ0) is 10.8. The Morgan fingerprint density at radius 3 is 2.75 bits per heavy atom. The van der Waals surface area contributed by atoms with Crippen LogP contribution < -0.4 is 21.5 Å². The Kier molecular flexibility index (Phi) is 4.89. The molecule has 0 bridgehead atoms. The summed E-state index contributed by atoms with van der Waals surface area (Å²) in [4.78, 5) is 0. The molecule has 2 rings (SSSR count). The molecule has 0 aliphatic carbocycles. The van der Waals surface area contributed by atoms with E-state index in [9.17, 15) is 0 Å². The van der Waals surface area contributed by atoms with Crippen LogP contribution in [0.5, 0.6) is 0 Å². The van der Waals surface area contributed by atoms with E-state index < -0.39 is 0 Å². The molecular weight excluding hydrogens is 334 g/mol. The molecule has 4 heteroatoms. The second-order valence-corrected chi connectivity index (χ2v) is 4.49. The van der Waals surface area contributed by atoms with Crippen LogP contribution in [-0.4, -0.2) is 11.7 Å². The van der Waals surface area contributed by atoms with Gasteiger partial charge in [-0.15, -0.1) is 0 Å². The first-order valence-electron chi connectivity index (χ1n) is 4.91. The van der Waals surface area contributed by atoms with Gasteiger partial charge in [0.25, 0.3) is 0 Å². The van der Waals surface area contributed by atoms with Crippen LogP contribution in [0.4, 0.5) is 0 Å². The van der Waals surface area contributed by atoms with Crippen molar-refractivity contribution in [2.75, 3.05) is 6.61 Å². The van der Waals surface area contributed by atoms with Gasteiger partial charge in [0.05, 0.1) is 0 Å². The van der Waals surface area contributed by atoms with Crippen molar-refractivity contribution in [1.82, 2.24) is 0 Å². The molecule has 0 saturated carbocycles. The summed E-state index contributed by atoms with van der Waals surface area (Å²) < 4.78 is 3.12. The molecule has 2 nitrogen and oxygen atoms in total. The molecule has 0 atom stereocenters. The summed E-state index contributed by atoms with van der Waals surface area (Å²) in [6, 6.07) is 8.30. The number of halogens is 2. The normalized spacial score (nSPS) is 10.2. The number of nitrogens with zero attached hydrogens (tertiary/aromatic N) is 1. The third kappa shape index (κ3) is 2.62. The standard InChI is InChI=1S/C12H13BrNO.BrH/c1-9-4-5-14(6-7-15)12-8-10(13)2-3-11(9)12;/h2-5,8,15H,6-7H2,1H3;1H/q+1;/p-1. The van der Waals surface area contributed by atoms with Gasteiger partial charge in [0.2, 0.25) is 5.52 Å². The average molecular weight is 347 g/mol. The Morgan fingerprint density at radius 2 is 2.06 bits per heavy atom. The van der Waals surface area contributed by atoms with Crippen LogP contribution in [0.2, 0.25) is 0 Å². The number of hydrogen-bond donors (Lipinski definition) is 1. The lowest BCUT2D eigenvalue weighted by atomic mass is 10.1. The number of hydrogen-bond acceptors (Lipinski definition) is 1. The average Bonchev–Trinajstić information content (AvgIpc) is 2.22.